The summed E-state index contributed by atoms with van der Waals surface area (Å²) in [5.41, 5.74) is 1.21. The Morgan fingerprint density at radius 1 is 1.00 bits per heavy atom. The molecule has 0 fully saturated rings. The van der Waals surface area contributed by atoms with Gasteiger partial charge in [0.1, 0.15) is 11.5 Å². The monoisotopic (exact) mass is 381 g/mol. The van der Waals surface area contributed by atoms with Gasteiger partial charge in [0.05, 0.1) is 11.9 Å². The van der Waals surface area contributed by atoms with Gasteiger partial charge in [-0.15, -0.1) is 5.10 Å². The van der Waals surface area contributed by atoms with Crippen LogP contribution in [0.25, 0.3) is 0 Å². The van der Waals surface area contributed by atoms with Gasteiger partial charge in [-0.3, -0.25) is 4.79 Å². The van der Waals surface area contributed by atoms with E-state index in [1.807, 2.05) is 0 Å². The Hall–Kier alpha value is -3.43. The summed E-state index contributed by atoms with van der Waals surface area (Å²) in [6.45, 7) is -6.30. The van der Waals surface area contributed by atoms with Crippen LogP contribution in [0.2, 0.25) is 0 Å². The third-order valence-corrected chi connectivity index (χ3v) is 3.43. The van der Waals surface area contributed by atoms with Crippen molar-refractivity contribution < 1.29 is 31.8 Å². The Labute approximate surface area is 150 Å². The zero-order chi connectivity index (χ0) is 19.4. The van der Waals surface area contributed by atoms with Crippen molar-refractivity contribution in [3.8, 4) is 11.5 Å². The third kappa shape index (κ3) is 4.40. The molecule has 2 aromatic carbocycles. The second-order valence-corrected chi connectivity index (χ2v) is 5.15. The largest absolute Gasteiger partial charge is 0.435 e. The summed E-state index contributed by atoms with van der Waals surface area (Å²) in [6, 6.07) is 10.0. The predicted molar refractivity (Wildman–Crippen MR) is 88.9 cm³/mol. The number of alkyl halides is 4. The van der Waals surface area contributed by atoms with Crippen LogP contribution < -0.4 is 14.8 Å². The lowest BCUT2D eigenvalue weighted by Crippen LogP contribution is -2.13. The number of ether oxygens (including phenoxy) is 2. The third-order valence-electron chi connectivity index (χ3n) is 3.43. The Morgan fingerprint density at radius 2 is 1.74 bits per heavy atom. The molecule has 2 aromatic rings. The zero-order valence-corrected chi connectivity index (χ0v) is 13.4. The average molecular weight is 381 g/mol. The van der Waals surface area contributed by atoms with Gasteiger partial charge in [-0.25, -0.2) is 0 Å². The van der Waals surface area contributed by atoms with Gasteiger partial charge in [-0.1, -0.05) is 18.2 Å². The molecule has 0 spiro atoms. The Kier molecular flexibility index (Phi) is 5.34. The molecule has 6 nitrogen and oxygen atoms in total. The molecule has 0 radical (unpaired) electrons. The minimum absolute atomic E-state index is 0.0351. The number of fused-ring (bicyclic) bond motifs is 1. The van der Waals surface area contributed by atoms with Crippen molar-refractivity contribution in [3.63, 3.8) is 0 Å². The van der Waals surface area contributed by atoms with Crippen LogP contribution in [-0.4, -0.2) is 31.1 Å². The number of nitrogens with zero attached hydrogens (tertiary/aromatic N) is 2. The fourth-order valence-corrected chi connectivity index (χ4v) is 2.35. The van der Waals surface area contributed by atoms with Crippen molar-refractivity contribution >= 4 is 23.5 Å². The first-order chi connectivity index (χ1) is 12.9. The van der Waals surface area contributed by atoms with E-state index in [0.717, 1.165) is 18.3 Å². The molecular weight excluding hydrogens is 370 g/mol. The van der Waals surface area contributed by atoms with E-state index in [1.165, 1.54) is 6.07 Å². The maximum absolute atomic E-state index is 12.5. The van der Waals surface area contributed by atoms with Gasteiger partial charge >= 0.3 is 13.2 Å². The molecule has 0 atom stereocenters. The first kappa shape index (κ1) is 18.4. The molecular formula is C17H11F4N3O3. The summed E-state index contributed by atoms with van der Waals surface area (Å²) in [4.78, 5) is 11.9. The number of rotatable bonds is 6. The summed E-state index contributed by atoms with van der Waals surface area (Å²) in [5, 5.41) is 10.1. The quantitative estimate of drug-likeness (QED) is 0.472. The van der Waals surface area contributed by atoms with Crippen LogP contribution in [0.4, 0.5) is 23.2 Å². The highest BCUT2D eigenvalue weighted by molar-refractivity contribution is 6.53. The van der Waals surface area contributed by atoms with Crippen molar-refractivity contribution in [2.75, 3.05) is 5.32 Å². The van der Waals surface area contributed by atoms with Crippen molar-refractivity contribution in [2.24, 2.45) is 10.2 Å². The van der Waals surface area contributed by atoms with Gasteiger partial charge in [-0.05, 0) is 18.2 Å². The van der Waals surface area contributed by atoms with Crippen molar-refractivity contribution in [2.45, 2.75) is 13.2 Å². The van der Waals surface area contributed by atoms with E-state index >= 15 is 0 Å². The number of amides is 1. The number of benzene rings is 2. The fraction of sp³-hybridized carbons (Fsp3) is 0.118. The van der Waals surface area contributed by atoms with E-state index in [-0.39, 0.29) is 17.0 Å². The van der Waals surface area contributed by atoms with Gasteiger partial charge in [0.15, 0.2) is 5.71 Å². The minimum Gasteiger partial charge on any atom is -0.435 e. The van der Waals surface area contributed by atoms with Crippen LogP contribution >= 0.6 is 0 Å². The standard InChI is InChI=1S/C17H11F4N3O3/c18-16(19)26-10-6-5-9(13(7-10)27-17(20)21)8-22-24-14-11-3-1-2-4-12(11)23-15(14)25/h1-8,16-17H,(H,23,24,25)/b22-8+. The van der Waals surface area contributed by atoms with Crippen molar-refractivity contribution in [3.05, 3.63) is 53.6 Å². The molecule has 3 rings (SSSR count). The van der Waals surface area contributed by atoms with Crippen molar-refractivity contribution in [1.82, 2.24) is 0 Å². The molecule has 140 valence electrons. The van der Waals surface area contributed by atoms with Crippen LogP contribution in [0, 0.1) is 0 Å². The van der Waals surface area contributed by atoms with Crippen LogP contribution in [0.3, 0.4) is 0 Å². The first-order valence-electron chi connectivity index (χ1n) is 7.49. The molecule has 0 saturated carbocycles. The van der Waals surface area contributed by atoms with Gasteiger partial charge < -0.3 is 14.8 Å². The minimum atomic E-state index is -3.18. The maximum atomic E-state index is 12.5. The van der Waals surface area contributed by atoms with E-state index in [2.05, 4.69) is 25.0 Å². The Balaban J connectivity index is 1.87. The number of halogens is 4. The van der Waals surface area contributed by atoms with Gasteiger partial charge in [-0.2, -0.15) is 22.7 Å². The lowest BCUT2D eigenvalue weighted by molar-refractivity contribution is -0.110. The molecule has 1 heterocycles. The Morgan fingerprint density at radius 3 is 2.48 bits per heavy atom. The molecule has 1 aliphatic heterocycles. The molecule has 0 unspecified atom stereocenters. The predicted octanol–water partition coefficient (Wildman–Crippen LogP) is 3.66. The Bertz CT molecular complexity index is 916. The van der Waals surface area contributed by atoms with E-state index < -0.39 is 24.9 Å². The first-order valence-corrected chi connectivity index (χ1v) is 7.49. The number of hydrogen-bond acceptors (Lipinski definition) is 5. The second-order valence-electron chi connectivity index (χ2n) is 5.15. The number of carbonyl (C=O) groups excluding carboxylic acids is 1. The summed E-state index contributed by atoms with van der Waals surface area (Å²) in [7, 11) is 0. The van der Waals surface area contributed by atoms with Crippen LogP contribution in [-0.2, 0) is 4.79 Å². The summed E-state index contributed by atoms with van der Waals surface area (Å²) in [5.74, 6) is -1.24. The van der Waals surface area contributed by atoms with E-state index in [4.69, 9.17) is 0 Å². The molecule has 1 aliphatic rings. The fourth-order valence-electron chi connectivity index (χ4n) is 2.35. The second kappa shape index (κ2) is 7.85. The van der Waals surface area contributed by atoms with Crippen LogP contribution in [0.1, 0.15) is 11.1 Å². The van der Waals surface area contributed by atoms with E-state index in [9.17, 15) is 22.4 Å². The molecule has 0 bridgehead atoms. The summed E-state index contributed by atoms with van der Waals surface area (Å²) >= 11 is 0. The SMILES string of the molecule is O=C1Nc2ccccc2/C1=N\N=C\c1ccc(OC(F)F)cc1OC(F)F. The lowest BCUT2D eigenvalue weighted by Gasteiger charge is -2.10. The molecule has 1 N–H and O–H groups in total. The highest BCUT2D eigenvalue weighted by atomic mass is 19.3. The normalized spacial score (nSPS) is 14.9. The number of nitrogens with one attached hydrogen (secondary N) is 1. The van der Waals surface area contributed by atoms with Gasteiger partial charge in [0, 0.05) is 17.2 Å². The zero-order valence-electron chi connectivity index (χ0n) is 13.4. The molecule has 10 heteroatoms. The lowest BCUT2D eigenvalue weighted by atomic mass is 10.1. The molecule has 0 aliphatic carbocycles. The molecule has 27 heavy (non-hydrogen) atoms. The average Bonchev–Trinajstić information content (AvgIpc) is 2.91. The molecule has 0 saturated heterocycles. The summed E-state index contributed by atoms with van der Waals surface area (Å²) in [6.07, 6.45) is 1.06. The maximum Gasteiger partial charge on any atom is 0.387 e. The van der Waals surface area contributed by atoms with Gasteiger partial charge in [0.25, 0.3) is 5.91 Å². The number of anilines is 1. The summed E-state index contributed by atoms with van der Waals surface area (Å²) < 4.78 is 58.0. The highest BCUT2D eigenvalue weighted by Crippen LogP contribution is 2.27. The molecule has 0 aromatic heterocycles. The van der Waals surface area contributed by atoms with E-state index in [1.54, 1.807) is 24.3 Å². The van der Waals surface area contributed by atoms with Crippen LogP contribution in [0.15, 0.2) is 52.7 Å². The topological polar surface area (TPSA) is 72.3 Å². The van der Waals surface area contributed by atoms with Crippen molar-refractivity contribution in [1.29, 1.82) is 0 Å². The number of hydrogen-bond donors (Lipinski definition) is 1. The molecule has 1 amide bonds. The number of carbonyl (C=O) groups is 1. The smallest absolute Gasteiger partial charge is 0.387 e. The highest BCUT2D eigenvalue weighted by Gasteiger charge is 2.25. The number of para-hydroxylation sites is 1. The van der Waals surface area contributed by atoms with Crippen LogP contribution in [0.5, 0.6) is 11.5 Å². The van der Waals surface area contributed by atoms with E-state index in [0.29, 0.717) is 11.3 Å². The van der Waals surface area contributed by atoms with Gasteiger partial charge in [0.2, 0.25) is 0 Å².